The van der Waals surface area contributed by atoms with Gasteiger partial charge < -0.3 is 10.1 Å². The molecule has 0 spiro atoms. The van der Waals surface area contributed by atoms with Gasteiger partial charge in [0.1, 0.15) is 6.54 Å². The molecule has 0 fully saturated rings. The van der Waals surface area contributed by atoms with E-state index in [0.29, 0.717) is 5.69 Å². The minimum atomic E-state index is -3.51. The van der Waals surface area contributed by atoms with E-state index < -0.39 is 16.0 Å². The Hall–Kier alpha value is -1.60. The van der Waals surface area contributed by atoms with Crippen LogP contribution in [-0.4, -0.2) is 46.4 Å². The second kappa shape index (κ2) is 6.23. The summed E-state index contributed by atoms with van der Waals surface area (Å²) in [6.07, 6.45) is 0. The molecular formula is C13H20N2O4S. The number of esters is 1. The molecule has 0 aliphatic heterocycles. The maximum absolute atomic E-state index is 12.1. The minimum Gasteiger partial charge on any atom is -0.468 e. The molecule has 0 heterocycles. The number of aryl methyl sites for hydroxylation is 1. The molecule has 0 aliphatic carbocycles. The van der Waals surface area contributed by atoms with Crippen LogP contribution < -0.4 is 5.32 Å². The first-order chi connectivity index (χ1) is 9.20. The lowest BCUT2D eigenvalue weighted by molar-refractivity contribution is -0.138. The van der Waals surface area contributed by atoms with Crippen molar-refractivity contribution in [2.75, 3.05) is 33.1 Å². The summed E-state index contributed by atoms with van der Waals surface area (Å²) in [5, 5.41) is 2.90. The summed E-state index contributed by atoms with van der Waals surface area (Å²) in [4.78, 5) is 11.4. The fourth-order valence-electron chi connectivity index (χ4n) is 1.61. The van der Waals surface area contributed by atoms with E-state index in [0.717, 1.165) is 15.4 Å². The fourth-order valence-corrected chi connectivity index (χ4v) is 2.62. The summed E-state index contributed by atoms with van der Waals surface area (Å²) in [7, 11) is 0.752. The van der Waals surface area contributed by atoms with Gasteiger partial charge in [-0.1, -0.05) is 0 Å². The molecule has 0 aromatic heterocycles. The molecule has 0 radical (unpaired) electrons. The molecule has 1 N–H and O–H groups in total. The van der Waals surface area contributed by atoms with Gasteiger partial charge in [-0.05, 0) is 37.1 Å². The van der Waals surface area contributed by atoms with Crippen LogP contribution >= 0.6 is 0 Å². The van der Waals surface area contributed by atoms with Crippen LogP contribution in [0.1, 0.15) is 11.1 Å². The second-order valence-electron chi connectivity index (χ2n) is 4.63. The Morgan fingerprint density at radius 2 is 1.90 bits per heavy atom. The number of rotatable bonds is 5. The third-order valence-electron chi connectivity index (χ3n) is 3.07. The van der Waals surface area contributed by atoms with E-state index in [1.165, 1.54) is 27.3 Å². The van der Waals surface area contributed by atoms with Crippen LogP contribution in [0, 0.1) is 13.8 Å². The van der Waals surface area contributed by atoms with Gasteiger partial charge in [0.25, 0.3) is 0 Å². The third-order valence-corrected chi connectivity index (χ3v) is 4.86. The number of ether oxygens (including phenoxy) is 1. The molecule has 0 amide bonds. The first kappa shape index (κ1) is 16.5. The molecule has 0 unspecified atom stereocenters. The SMILES string of the molecule is COC(=O)CNc1cc(S(=O)(=O)N(C)C)cc(C)c1C. The van der Waals surface area contributed by atoms with E-state index in [9.17, 15) is 13.2 Å². The highest BCUT2D eigenvalue weighted by atomic mass is 32.2. The van der Waals surface area contributed by atoms with Crippen LogP contribution in [-0.2, 0) is 19.6 Å². The number of nitrogens with one attached hydrogen (secondary N) is 1. The second-order valence-corrected chi connectivity index (χ2v) is 6.78. The fraction of sp³-hybridized carbons (Fsp3) is 0.462. The van der Waals surface area contributed by atoms with Gasteiger partial charge in [0.05, 0.1) is 12.0 Å². The number of carbonyl (C=O) groups excluding carboxylic acids is 1. The minimum absolute atomic E-state index is 0.0117. The van der Waals surface area contributed by atoms with Crippen LogP contribution in [0.25, 0.3) is 0 Å². The van der Waals surface area contributed by atoms with Crippen molar-refractivity contribution in [2.24, 2.45) is 0 Å². The topological polar surface area (TPSA) is 75.7 Å². The number of hydrogen-bond acceptors (Lipinski definition) is 5. The lowest BCUT2D eigenvalue weighted by atomic mass is 10.1. The summed E-state index contributed by atoms with van der Waals surface area (Å²) in [6, 6.07) is 3.15. The van der Waals surface area contributed by atoms with Gasteiger partial charge in [-0.25, -0.2) is 12.7 Å². The quantitative estimate of drug-likeness (QED) is 0.825. The van der Waals surface area contributed by atoms with Gasteiger partial charge in [0.15, 0.2) is 0 Å². The van der Waals surface area contributed by atoms with Crippen LogP contribution in [0.3, 0.4) is 0 Å². The normalized spacial score (nSPS) is 11.5. The predicted molar refractivity (Wildman–Crippen MR) is 77.3 cm³/mol. The van der Waals surface area contributed by atoms with Crippen molar-refractivity contribution in [1.82, 2.24) is 4.31 Å². The van der Waals surface area contributed by atoms with Crippen molar-refractivity contribution >= 4 is 21.7 Å². The zero-order valence-electron chi connectivity index (χ0n) is 12.4. The van der Waals surface area contributed by atoms with Crippen molar-refractivity contribution < 1.29 is 17.9 Å². The Morgan fingerprint density at radius 1 is 1.30 bits per heavy atom. The van der Waals surface area contributed by atoms with E-state index >= 15 is 0 Å². The smallest absolute Gasteiger partial charge is 0.325 e. The number of nitrogens with zero attached hydrogens (tertiary/aromatic N) is 1. The monoisotopic (exact) mass is 300 g/mol. The van der Waals surface area contributed by atoms with Gasteiger partial charge in [-0.15, -0.1) is 0 Å². The number of anilines is 1. The average Bonchev–Trinajstić information content (AvgIpc) is 2.39. The highest BCUT2D eigenvalue weighted by molar-refractivity contribution is 7.89. The molecule has 7 heteroatoms. The Bertz CT molecular complexity index is 609. The zero-order valence-corrected chi connectivity index (χ0v) is 13.2. The van der Waals surface area contributed by atoms with Crippen molar-refractivity contribution in [3.05, 3.63) is 23.3 Å². The molecule has 0 atom stereocenters. The highest BCUT2D eigenvalue weighted by Gasteiger charge is 2.19. The summed E-state index contributed by atoms with van der Waals surface area (Å²) < 4.78 is 30.0. The molecule has 0 bridgehead atoms. The maximum Gasteiger partial charge on any atom is 0.325 e. The average molecular weight is 300 g/mol. The highest BCUT2D eigenvalue weighted by Crippen LogP contribution is 2.25. The predicted octanol–water partition coefficient (Wildman–Crippen LogP) is 1.14. The maximum atomic E-state index is 12.1. The van der Waals surface area contributed by atoms with Crippen LogP contribution in [0.15, 0.2) is 17.0 Å². The summed E-state index contributed by atoms with van der Waals surface area (Å²) in [5.41, 5.74) is 2.34. The number of hydrogen-bond donors (Lipinski definition) is 1. The van der Waals surface area contributed by atoms with Gasteiger partial charge in [-0.2, -0.15) is 0 Å². The molecule has 20 heavy (non-hydrogen) atoms. The van der Waals surface area contributed by atoms with Crippen LogP contribution in [0.5, 0.6) is 0 Å². The Balaban J connectivity index is 3.20. The van der Waals surface area contributed by atoms with Crippen molar-refractivity contribution in [1.29, 1.82) is 0 Å². The molecule has 1 aromatic carbocycles. The van der Waals surface area contributed by atoms with Crippen LogP contribution in [0.2, 0.25) is 0 Å². The van der Waals surface area contributed by atoms with E-state index in [4.69, 9.17) is 0 Å². The lowest BCUT2D eigenvalue weighted by Crippen LogP contribution is -2.23. The molecule has 1 rings (SSSR count). The summed E-state index contributed by atoms with van der Waals surface area (Å²) in [5.74, 6) is -0.414. The van der Waals surface area contributed by atoms with Crippen molar-refractivity contribution in [3.8, 4) is 0 Å². The van der Waals surface area contributed by atoms with Crippen molar-refractivity contribution in [2.45, 2.75) is 18.7 Å². The van der Waals surface area contributed by atoms with E-state index in [1.807, 2.05) is 13.8 Å². The molecule has 0 aliphatic rings. The first-order valence-electron chi connectivity index (χ1n) is 6.04. The zero-order chi connectivity index (χ0) is 15.5. The molecule has 0 saturated heterocycles. The molecule has 112 valence electrons. The van der Waals surface area contributed by atoms with Gasteiger partial charge in [0, 0.05) is 19.8 Å². The summed E-state index contributed by atoms with van der Waals surface area (Å²) in [6.45, 7) is 3.68. The molecule has 0 saturated carbocycles. The first-order valence-corrected chi connectivity index (χ1v) is 7.48. The van der Waals surface area contributed by atoms with E-state index in [2.05, 4.69) is 10.1 Å². The van der Waals surface area contributed by atoms with E-state index in [1.54, 1.807) is 6.07 Å². The van der Waals surface area contributed by atoms with Gasteiger partial charge >= 0.3 is 5.97 Å². The molecular weight excluding hydrogens is 280 g/mol. The van der Waals surface area contributed by atoms with E-state index in [-0.39, 0.29) is 11.4 Å². The number of sulfonamides is 1. The standard InChI is InChI=1S/C13H20N2O4S/c1-9-6-11(20(17,18)15(3)4)7-12(10(9)2)14-8-13(16)19-5/h6-7,14H,8H2,1-5H3. The Labute approximate surface area is 119 Å². The third kappa shape index (κ3) is 3.49. The Morgan fingerprint density at radius 3 is 2.40 bits per heavy atom. The molecule has 1 aromatic rings. The largest absolute Gasteiger partial charge is 0.468 e. The Kier molecular flexibility index (Phi) is 5.13. The summed E-state index contributed by atoms with van der Waals surface area (Å²) >= 11 is 0. The lowest BCUT2D eigenvalue weighted by Gasteiger charge is -2.16. The van der Waals surface area contributed by atoms with Gasteiger partial charge in [-0.3, -0.25) is 4.79 Å². The van der Waals surface area contributed by atoms with Crippen LogP contribution in [0.4, 0.5) is 5.69 Å². The van der Waals surface area contributed by atoms with Gasteiger partial charge in [0.2, 0.25) is 10.0 Å². The molecule has 6 nitrogen and oxygen atoms in total. The number of benzene rings is 1. The number of carbonyl (C=O) groups is 1. The number of methoxy groups -OCH3 is 1. The van der Waals surface area contributed by atoms with Crippen molar-refractivity contribution in [3.63, 3.8) is 0 Å².